The summed E-state index contributed by atoms with van der Waals surface area (Å²) in [4.78, 5) is 29.5. The van der Waals surface area contributed by atoms with Gasteiger partial charge < -0.3 is 20.3 Å². The SMILES string of the molecule is CN(C)C(=O)c1cc(NC(=O)Nc2cnn(CC3CCCO3)c2)ccn1. The Bertz CT molecular complexity index is 782. The molecule has 2 aromatic heterocycles. The number of aromatic nitrogens is 3. The Labute approximate surface area is 151 Å². The van der Waals surface area contributed by atoms with Crippen molar-refractivity contribution in [2.75, 3.05) is 31.3 Å². The van der Waals surface area contributed by atoms with Crippen LogP contribution in [0.4, 0.5) is 16.2 Å². The van der Waals surface area contributed by atoms with Crippen LogP contribution in [0.3, 0.4) is 0 Å². The van der Waals surface area contributed by atoms with Crippen LogP contribution < -0.4 is 10.6 Å². The van der Waals surface area contributed by atoms with Gasteiger partial charge in [0, 0.05) is 38.8 Å². The van der Waals surface area contributed by atoms with Crippen LogP contribution in [0.25, 0.3) is 0 Å². The number of rotatable bonds is 5. The molecule has 0 saturated carbocycles. The fraction of sp³-hybridized carbons (Fsp3) is 0.412. The van der Waals surface area contributed by atoms with E-state index in [-0.39, 0.29) is 17.7 Å². The summed E-state index contributed by atoms with van der Waals surface area (Å²) in [7, 11) is 3.29. The van der Waals surface area contributed by atoms with Crippen molar-refractivity contribution >= 4 is 23.3 Å². The first kappa shape index (κ1) is 17.9. The van der Waals surface area contributed by atoms with Gasteiger partial charge in [-0.1, -0.05) is 0 Å². The number of hydrogen-bond donors (Lipinski definition) is 2. The molecule has 3 rings (SSSR count). The zero-order valence-electron chi connectivity index (χ0n) is 14.8. The molecule has 1 unspecified atom stereocenters. The third-order valence-electron chi connectivity index (χ3n) is 3.95. The molecule has 0 radical (unpaired) electrons. The smallest absolute Gasteiger partial charge is 0.323 e. The molecular weight excluding hydrogens is 336 g/mol. The van der Waals surface area contributed by atoms with Gasteiger partial charge in [0.2, 0.25) is 0 Å². The molecule has 26 heavy (non-hydrogen) atoms. The molecular formula is C17H22N6O3. The summed E-state index contributed by atoms with van der Waals surface area (Å²) in [6.07, 6.45) is 7.10. The van der Waals surface area contributed by atoms with E-state index in [1.807, 2.05) is 0 Å². The number of anilines is 2. The number of urea groups is 1. The second-order valence-electron chi connectivity index (χ2n) is 6.29. The molecule has 0 bridgehead atoms. The van der Waals surface area contributed by atoms with Crippen LogP contribution >= 0.6 is 0 Å². The van der Waals surface area contributed by atoms with E-state index in [0.717, 1.165) is 19.4 Å². The van der Waals surface area contributed by atoms with Gasteiger partial charge in [-0.25, -0.2) is 4.79 Å². The molecule has 2 N–H and O–H groups in total. The lowest BCUT2D eigenvalue weighted by molar-refractivity contribution is 0.0822. The molecule has 0 spiro atoms. The minimum atomic E-state index is -0.420. The van der Waals surface area contributed by atoms with Gasteiger partial charge in [0.15, 0.2) is 0 Å². The first-order valence-electron chi connectivity index (χ1n) is 8.41. The van der Waals surface area contributed by atoms with Crippen molar-refractivity contribution < 1.29 is 14.3 Å². The van der Waals surface area contributed by atoms with Gasteiger partial charge in [-0.3, -0.25) is 14.5 Å². The highest BCUT2D eigenvalue weighted by atomic mass is 16.5. The molecule has 1 atom stereocenters. The predicted octanol–water partition coefficient (Wildman–Crippen LogP) is 1.80. The van der Waals surface area contributed by atoms with Crippen LogP contribution in [0.15, 0.2) is 30.7 Å². The Morgan fingerprint density at radius 2 is 2.15 bits per heavy atom. The van der Waals surface area contributed by atoms with E-state index in [9.17, 15) is 9.59 Å². The maximum atomic E-state index is 12.2. The Kier molecular flexibility index (Phi) is 5.47. The number of nitrogens with zero attached hydrogens (tertiary/aromatic N) is 4. The van der Waals surface area contributed by atoms with E-state index in [2.05, 4.69) is 20.7 Å². The van der Waals surface area contributed by atoms with Crippen LogP contribution in [0.5, 0.6) is 0 Å². The number of carbonyl (C=O) groups is 2. The molecule has 9 heteroatoms. The van der Waals surface area contributed by atoms with Crippen molar-refractivity contribution in [1.82, 2.24) is 19.7 Å². The second kappa shape index (κ2) is 7.96. The molecule has 138 valence electrons. The fourth-order valence-corrected chi connectivity index (χ4v) is 2.67. The van der Waals surface area contributed by atoms with E-state index in [4.69, 9.17) is 4.74 Å². The van der Waals surface area contributed by atoms with Gasteiger partial charge in [-0.15, -0.1) is 0 Å². The molecule has 3 amide bonds. The highest BCUT2D eigenvalue weighted by Gasteiger charge is 2.16. The zero-order chi connectivity index (χ0) is 18.5. The van der Waals surface area contributed by atoms with E-state index < -0.39 is 6.03 Å². The zero-order valence-corrected chi connectivity index (χ0v) is 14.8. The van der Waals surface area contributed by atoms with Crippen molar-refractivity contribution in [3.8, 4) is 0 Å². The van der Waals surface area contributed by atoms with E-state index in [1.54, 1.807) is 37.2 Å². The van der Waals surface area contributed by atoms with Crippen molar-refractivity contribution in [1.29, 1.82) is 0 Å². The van der Waals surface area contributed by atoms with Crippen LogP contribution in [-0.4, -0.2) is 58.4 Å². The van der Waals surface area contributed by atoms with Crippen molar-refractivity contribution in [2.45, 2.75) is 25.5 Å². The number of ether oxygens (including phenoxy) is 1. The van der Waals surface area contributed by atoms with Gasteiger partial charge in [0.05, 0.1) is 24.5 Å². The van der Waals surface area contributed by atoms with E-state index >= 15 is 0 Å². The van der Waals surface area contributed by atoms with Crippen molar-refractivity contribution in [2.24, 2.45) is 0 Å². The van der Waals surface area contributed by atoms with Crippen LogP contribution in [0.2, 0.25) is 0 Å². The normalized spacial score (nSPS) is 16.3. The first-order valence-corrected chi connectivity index (χ1v) is 8.41. The Balaban J connectivity index is 1.56. The molecule has 1 aliphatic heterocycles. The molecule has 0 aromatic carbocycles. The topological polar surface area (TPSA) is 101 Å². The average Bonchev–Trinajstić information content (AvgIpc) is 3.27. The lowest BCUT2D eigenvalue weighted by atomic mass is 10.2. The Hall–Kier alpha value is -2.94. The summed E-state index contributed by atoms with van der Waals surface area (Å²) in [6.45, 7) is 1.47. The molecule has 9 nitrogen and oxygen atoms in total. The summed E-state index contributed by atoms with van der Waals surface area (Å²) >= 11 is 0. The number of nitrogens with one attached hydrogen (secondary N) is 2. The summed E-state index contributed by atoms with van der Waals surface area (Å²) in [5.41, 5.74) is 1.32. The number of hydrogen-bond acceptors (Lipinski definition) is 5. The average molecular weight is 358 g/mol. The van der Waals surface area contributed by atoms with Crippen LogP contribution in [0, 0.1) is 0 Å². The third-order valence-corrected chi connectivity index (χ3v) is 3.95. The third kappa shape index (κ3) is 4.57. The molecule has 3 heterocycles. The van der Waals surface area contributed by atoms with Crippen molar-refractivity contribution in [3.63, 3.8) is 0 Å². The summed E-state index contributed by atoms with van der Waals surface area (Å²) < 4.78 is 7.33. The van der Waals surface area contributed by atoms with Gasteiger partial charge >= 0.3 is 6.03 Å². The lowest BCUT2D eigenvalue weighted by Gasteiger charge is -2.11. The molecule has 1 saturated heterocycles. The Morgan fingerprint density at radius 3 is 2.88 bits per heavy atom. The number of carbonyl (C=O) groups excluding carboxylic acids is 2. The minimum absolute atomic E-state index is 0.182. The van der Waals surface area contributed by atoms with Crippen LogP contribution in [-0.2, 0) is 11.3 Å². The van der Waals surface area contributed by atoms with E-state index in [1.165, 1.54) is 17.2 Å². The number of pyridine rings is 1. The molecule has 0 aliphatic carbocycles. The largest absolute Gasteiger partial charge is 0.376 e. The summed E-state index contributed by atoms with van der Waals surface area (Å²) in [5, 5.41) is 9.63. The standard InChI is InChI=1S/C17H22N6O3/c1-22(2)16(24)15-8-12(5-6-18-15)20-17(25)21-13-9-19-23(10-13)11-14-4-3-7-26-14/h5-6,8-10,14H,3-4,7,11H2,1-2H3,(H2,18,20,21,25). The van der Waals surface area contributed by atoms with Gasteiger partial charge in [0.1, 0.15) is 5.69 Å². The monoisotopic (exact) mass is 358 g/mol. The van der Waals surface area contributed by atoms with Gasteiger partial charge in [0.25, 0.3) is 5.91 Å². The maximum absolute atomic E-state index is 12.2. The first-order chi connectivity index (χ1) is 12.5. The predicted molar refractivity (Wildman–Crippen MR) is 96.1 cm³/mol. The lowest BCUT2D eigenvalue weighted by Crippen LogP contribution is -2.23. The van der Waals surface area contributed by atoms with Crippen LogP contribution in [0.1, 0.15) is 23.3 Å². The van der Waals surface area contributed by atoms with Gasteiger partial charge in [-0.2, -0.15) is 5.10 Å². The quantitative estimate of drug-likeness (QED) is 0.849. The minimum Gasteiger partial charge on any atom is -0.376 e. The highest BCUT2D eigenvalue weighted by molar-refractivity contribution is 6.00. The Morgan fingerprint density at radius 1 is 1.35 bits per heavy atom. The fourth-order valence-electron chi connectivity index (χ4n) is 2.67. The molecule has 2 aromatic rings. The van der Waals surface area contributed by atoms with Crippen molar-refractivity contribution in [3.05, 3.63) is 36.4 Å². The van der Waals surface area contributed by atoms with Gasteiger partial charge in [-0.05, 0) is 25.0 Å². The molecule has 1 aliphatic rings. The second-order valence-corrected chi connectivity index (χ2v) is 6.29. The van der Waals surface area contributed by atoms with E-state index in [0.29, 0.717) is 17.9 Å². The molecule has 1 fully saturated rings. The summed E-state index contributed by atoms with van der Waals surface area (Å²) in [6, 6.07) is 2.73. The maximum Gasteiger partial charge on any atom is 0.323 e. The highest BCUT2D eigenvalue weighted by Crippen LogP contribution is 2.15. The summed E-state index contributed by atoms with van der Waals surface area (Å²) in [5.74, 6) is -0.232. The number of amides is 3.